The number of carbonyl (C=O) groups is 2. The number of carbonyl (C=O) groups excluding carboxylic acids is 2. The van der Waals surface area contributed by atoms with E-state index in [0.717, 1.165) is 28.4 Å². The number of nitrogens with one attached hydrogen (secondary N) is 1. The van der Waals surface area contributed by atoms with Gasteiger partial charge in [0.15, 0.2) is 0 Å². The second-order valence-electron chi connectivity index (χ2n) is 8.03. The van der Waals surface area contributed by atoms with Crippen molar-refractivity contribution in [1.82, 2.24) is 0 Å². The molecule has 1 aliphatic heterocycles. The zero-order chi connectivity index (χ0) is 22.9. The summed E-state index contributed by atoms with van der Waals surface area (Å²) in [5, 5.41) is 2.76. The number of aryl methyl sites for hydroxylation is 1. The molecule has 0 fully saturated rings. The quantitative estimate of drug-likeness (QED) is 0.415. The molecule has 2 amide bonds. The standard InChI is InChI=1S/C28H21FN2O2/c1-18-15-24(25(29)16-23(18)27(32)30-20-10-3-2-4-11-20)28(33)31-17-19-9-5-6-12-21(19)22-13-7-8-14-26(22)31/h2-16H,17H2,1H3,(H,30,32). The third kappa shape index (κ3) is 3.78. The van der Waals surface area contributed by atoms with Crippen LogP contribution in [0, 0.1) is 12.7 Å². The fourth-order valence-electron chi connectivity index (χ4n) is 4.25. The van der Waals surface area contributed by atoms with E-state index in [-0.39, 0.29) is 11.1 Å². The van der Waals surface area contributed by atoms with Crippen LogP contribution in [0.4, 0.5) is 15.8 Å². The van der Waals surface area contributed by atoms with Crippen molar-refractivity contribution in [3.05, 3.63) is 119 Å². The predicted octanol–water partition coefficient (Wildman–Crippen LogP) is 6.21. The zero-order valence-electron chi connectivity index (χ0n) is 18.0. The van der Waals surface area contributed by atoms with Crippen molar-refractivity contribution in [2.75, 3.05) is 10.2 Å². The SMILES string of the molecule is Cc1cc(C(=O)N2Cc3ccccc3-c3ccccc32)c(F)cc1C(=O)Nc1ccccc1. The van der Waals surface area contributed by atoms with Crippen LogP contribution in [-0.2, 0) is 6.54 Å². The molecule has 5 heteroatoms. The van der Waals surface area contributed by atoms with Gasteiger partial charge in [0.05, 0.1) is 17.8 Å². The van der Waals surface area contributed by atoms with Crippen LogP contribution in [0.5, 0.6) is 0 Å². The highest BCUT2D eigenvalue weighted by Gasteiger charge is 2.29. The molecule has 0 aliphatic carbocycles. The summed E-state index contributed by atoms with van der Waals surface area (Å²) < 4.78 is 15.2. The van der Waals surface area contributed by atoms with Crippen LogP contribution in [0.15, 0.2) is 91.0 Å². The Morgan fingerprint density at radius 3 is 2.27 bits per heavy atom. The van der Waals surface area contributed by atoms with E-state index in [9.17, 15) is 9.59 Å². The topological polar surface area (TPSA) is 49.4 Å². The normalized spacial score (nSPS) is 12.0. The van der Waals surface area contributed by atoms with Crippen LogP contribution in [0.2, 0.25) is 0 Å². The minimum absolute atomic E-state index is 0.0575. The van der Waals surface area contributed by atoms with Gasteiger partial charge in [0, 0.05) is 16.8 Å². The van der Waals surface area contributed by atoms with E-state index in [1.807, 2.05) is 54.6 Å². The summed E-state index contributed by atoms with van der Waals surface area (Å²) >= 11 is 0. The maximum absolute atomic E-state index is 15.2. The largest absolute Gasteiger partial charge is 0.322 e. The van der Waals surface area contributed by atoms with Crippen molar-refractivity contribution in [2.24, 2.45) is 0 Å². The Labute approximate surface area is 191 Å². The number of rotatable bonds is 3. The number of amides is 2. The fourth-order valence-corrected chi connectivity index (χ4v) is 4.25. The van der Waals surface area contributed by atoms with Crippen LogP contribution >= 0.6 is 0 Å². The Kier molecular flexibility index (Phi) is 5.23. The van der Waals surface area contributed by atoms with Gasteiger partial charge in [0.2, 0.25) is 0 Å². The van der Waals surface area contributed by atoms with Gasteiger partial charge >= 0.3 is 0 Å². The molecule has 1 N–H and O–H groups in total. The molecule has 5 rings (SSSR count). The summed E-state index contributed by atoms with van der Waals surface area (Å²) in [7, 11) is 0. The van der Waals surface area contributed by atoms with Crippen molar-refractivity contribution in [1.29, 1.82) is 0 Å². The summed E-state index contributed by atoms with van der Waals surface area (Å²) in [6, 6.07) is 27.1. The van der Waals surface area contributed by atoms with Crippen molar-refractivity contribution < 1.29 is 14.0 Å². The number of fused-ring (bicyclic) bond motifs is 3. The smallest absolute Gasteiger partial charge is 0.261 e. The number of halogens is 1. The van der Waals surface area contributed by atoms with Crippen molar-refractivity contribution in [3.63, 3.8) is 0 Å². The van der Waals surface area contributed by atoms with Gasteiger partial charge in [-0.25, -0.2) is 4.39 Å². The molecule has 0 saturated heterocycles. The van der Waals surface area contributed by atoms with Crippen LogP contribution < -0.4 is 10.2 Å². The van der Waals surface area contributed by atoms with Crippen molar-refractivity contribution in [2.45, 2.75) is 13.5 Å². The number of anilines is 2. The van der Waals surface area contributed by atoms with Crippen molar-refractivity contribution >= 4 is 23.2 Å². The average Bonchev–Trinajstić information content (AvgIpc) is 2.85. The first-order valence-electron chi connectivity index (χ1n) is 10.7. The average molecular weight is 436 g/mol. The van der Waals surface area contributed by atoms with Gasteiger partial charge in [0.1, 0.15) is 5.82 Å². The summed E-state index contributed by atoms with van der Waals surface area (Å²) in [6.45, 7) is 2.05. The molecule has 1 heterocycles. The molecule has 1 aliphatic rings. The predicted molar refractivity (Wildman–Crippen MR) is 128 cm³/mol. The Bertz CT molecular complexity index is 1380. The second-order valence-corrected chi connectivity index (χ2v) is 8.03. The van der Waals surface area contributed by atoms with Gasteiger partial charge in [-0.2, -0.15) is 0 Å². The number of hydrogen-bond acceptors (Lipinski definition) is 2. The Balaban J connectivity index is 1.48. The van der Waals surface area contributed by atoms with E-state index in [1.165, 1.54) is 6.07 Å². The summed E-state index contributed by atoms with van der Waals surface area (Å²) in [5.74, 6) is -1.58. The first-order valence-corrected chi connectivity index (χ1v) is 10.7. The van der Waals surface area contributed by atoms with Crippen LogP contribution in [0.1, 0.15) is 31.8 Å². The van der Waals surface area contributed by atoms with Crippen molar-refractivity contribution in [3.8, 4) is 11.1 Å². The monoisotopic (exact) mass is 436 g/mol. The van der Waals surface area contributed by atoms with Crippen LogP contribution in [0.3, 0.4) is 0 Å². The molecule has 0 atom stereocenters. The molecule has 0 saturated carbocycles. The van der Waals surface area contributed by atoms with E-state index in [4.69, 9.17) is 0 Å². The third-order valence-electron chi connectivity index (χ3n) is 5.90. The van der Waals surface area contributed by atoms with E-state index < -0.39 is 17.6 Å². The molecule has 0 aromatic heterocycles. The molecule has 4 nitrogen and oxygen atoms in total. The van der Waals surface area contributed by atoms with E-state index in [1.54, 1.807) is 36.1 Å². The van der Waals surface area contributed by atoms with E-state index in [0.29, 0.717) is 17.8 Å². The summed E-state index contributed by atoms with van der Waals surface area (Å²) in [5.41, 5.74) is 5.02. The first-order chi connectivity index (χ1) is 16.0. The van der Waals surface area contributed by atoms with Gasteiger partial charge in [0.25, 0.3) is 11.8 Å². The van der Waals surface area contributed by atoms with Gasteiger partial charge in [-0.15, -0.1) is 0 Å². The van der Waals surface area contributed by atoms with E-state index in [2.05, 4.69) is 5.32 Å². The second kappa shape index (κ2) is 8.36. The Morgan fingerprint density at radius 2 is 1.48 bits per heavy atom. The molecule has 4 aromatic carbocycles. The third-order valence-corrected chi connectivity index (χ3v) is 5.90. The lowest BCUT2D eigenvalue weighted by Gasteiger charge is -2.31. The lowest BCUT2D eigenvalue weighted by Crippen LogP contribution is -2.34. The zero-order valence-corrected chi connectivity index (χ0v) is 18.0. The maximum atomic E-state index is 15.2. The van der Waals surface area contributed by atoms with Crippen LogP contribution in [0.25, 0.3) is 11.1 Å². The van der Waals surface area contributed by atoms with Gasteiger partial charge in [-0.05, 0) is 53.9 Å². The molecule has 162 valence electrons. The Morgan fingerprint density at radius 1 is 0.818 bits per heavy atom. The molecule has 0 radical (unpaired) electrons. The van der Waals surface area contributed by atoms with Gasteiger partial charge in [-0.3, -0.25) is 9.59 Å². The number of nitrogens with zero attached hydrogens (tertiary/aromatic N) is 1. The minimum atomic E-state index is -0.722. The summed E-state index contributed by atoms with van der Waals surface area (Å²) in [6.07, 6.45) is 0. The summed E-state index contributed by atoms with van der Waals surface area (Å²) in [4.78, 5) is 27.8. The van der Waals surface area contributed by atoms with Gasteiger partial charge < -0.3 is 10.2 Å². The van der Waals surface area contributed by atoms with Crippen LogP contribution in [-0.4, -0.2) is 11.8 Å². The number of para-hydroxylation sites is 2. The van der Waals surface area contributed by atoms with E-state index >= 15 is 4.39 Å². The fraction of sp³-hybridized carbons (Fsp3) is 0.0714. The molecule has 0 spiro atoms. The molecule has 4 aromatic rings. The highest BCUT2D eigenvalue weighted by Crippen LogP contribution is 2.39. The van der Waals surface area contributed by atoms with Gasteiger partial charge in [-0.1, -0.05) is 60.7 Å². The highest BCUT2D eigenvalue weighted by atomic mass is 19.1. The molecular weight excluding hydrogens is 415 g/mol. The molecule has 0 unspecified atom stereocenters. The molecular formula is C28H21FN2O2. The number of hydrogen-bond donors (Lipinski definition) is 1. The maximum Gasteiger partial charge on any atom is 0.261 e. The lowest BCUT2D eigenvalue weighted by molar-refractivity contribution is 0.0977. The number of benzene rings is 4. The minimum Gasteiger partial charge on any atom is -0.322 e. The Hall–Kier alpha value is -4.25. The first kappa shape index (κ1) is 20.6. The lowest BCUT2D eigenvalue weighted by atomic mass is 9.92. The molecule has 0 bridgehead atoms. The molecule has 33 heavy (non-hydrogen) atoms. The highest BCUT2D eigenvalue weighted by molar-refractivity contribution is 6.11.